The summed E-state index contributed by atoms with van der Waals surface area (Å²) in [6.45, 7) is 0.869. The third kappa shape index (κ3) is 3.66. The van der Waals surface area contributed by atoms with E-state index in [1.807, 2.05) is 17.0 Å². The fourth-order valence-electron chi connectivity index (χ4n) is 2.67. The van der Waals surface area contributed by atoms with Crippen molar-refractivity contribution in [2.45, 2.75) is 19.2 Å². The van der Waals surface area contributed by atoms with Crippen molar-refractivity contribution in [3.05, 3.63) is 29.3 Å². The van der Waals surface area contributed by atoms with E-state index in [1.54, 1.807) is 6.07 Å². The van der Waals surface area contributed by atoms with Crippen LogP contribution in [0.2, 0.25) is 0 Å². The van der Waals surface area contributed by atoms with E-state index < -0.39 is 18.8 Å². The van der Waals surface area contributed by atoms with E-state index in [2.05, 4.69) is 0 Å². The number of alkyl halides is 1. The van der Waals surface area contributed by atoms with Crippen molar-refractivity contribution in [2.24, 2.45) is 0 Å². The largest absolute Gasteiger partial charge is 0.496 e. The van der Waals surface area contributed by atoms with Gasteiger partial charge in [-0.1, -0.05) is 12.1 Å². The Hall–Kier alpha value is -1.86. The summed E-state index contributed by atoms with van der Waals surface area (Å²) < 4.78 is 18.4. The third-order valence-electron chi connectivity index (χ3n) is 3.96. The number of halogens is 1. The second-order valence-electron chi connectivity index (χ2n) is 5.31. The Morgan fingerprint density at radius 1 is 1.45 bits per heavy atom. The first-order chi connectivity index (χ1) is 10.6. The van der Waals surface area contributed by atoms with E-state index in [4.69, 9.17) is 9.84 Å². The quantitative estimate of drug-likeness (QED) is 0.858. The molecule has 1 heterocycles. The molecule has 7 heteroatoms. The van der Waals surface area contributed by atoms with Crippen LogP contribution in [0.3, 0.4) is 0 Å². The first-order valence-electron chi connectivity index (χ1n) is 7.13. The highest BCUT2D eigenvalue weighted by Gasteiger charge is 2.29. The number of aliphatic hydroxyl groups is 1. The average molecular weight is 312 g/mol. The average Bonchev–Trinajstić information content (AvgIpc) is 2.54. The minimum Gasteiger partial charge on any atom is -0.496 e. The van der Waals surface area contributed by atoms with Crippen molar-refractivity contribution in [3.8, 4) is 5.75 Å². The molecule has 2 rings (SSSR count). The Labute approximate surface area is 128 Å². The van der Waals surface area contributed by atoms with Crippen molar-refractivity contribution in [3.63, 3.8) is 0 Å². The van der Waals surface area contributed by atoms with Gasteiger partial charge in [-0.3, -0.25) is 4.90 Å². The fourth-order valence-corrected chi connectivity index (χ4v) is 2.67. The summed E-state index contributed by atoms with van der Waals surface area (Å²) in [6.07, 6.45) is -1.01. The first kappa shape index (κ1) is 16.5. The number of hydrogen-bond donors (Lipinski definition) is 2. The minimum atomic E-state index is -1.01. The minimum absolute atomic E-state index is 0.103. The van der Waals surface area contributed by atoms with Crippen LogP contribution in [-0.4, -0.2) is 65.6 Å². The van der Waals surface area contributed by atoms with E-state index >= 15 is 0 Å². The van der Waals surface area contributed by atoms with Crippen LogP contribution in [0.4, 0.5) is 9.18 Å². The zero-order chi connectivity index (χ0) is 16.1. The van der Waals surface area contributed by atoms with E-state index in [1.165, 1.54) is 12.0 Å². The van der Waals surface area contributed by atoms with Crippen LogP contribution in [0.15, 0.2) is 18.2 Å². The van der Waals surface area contributed by atoms with Gasteiger partial charge in [0.25, 0.3) is 0 Å². The highest BCUT2D eigenvalue weighted by atomic mass is 19.1. The van der Waals surface area contributed by atoms with Gasteiger partial charge in [0, 0.05) is 31.7 Å². The summed E-state index contributed by atoms with van der Waals surface area (Å²) in [4.78, 5) is 14.2. The van der Waals surface area contributed by atoms with Crippen LogP contribution >= 0.6 is 0 Å². The van der Waals surface area contributed by atoms with Gasteiger partial charge in [0.05, 0.1) is 19.8 Å². The molecule has 1 aromatic carbocycles. The Kier molecular flexibility index (Phi) is 5.57. The molecular weight excluding hydrogens is 291 g/mol. The highest BCUT2D eigenvalue weighted by molar-refractivity contribution is 5.65. The fraction of sp³-hybridized carbons (Fsp3) is 0.533. The molecule has 122 valence electrons. The van der Waals surface area contributed by atoms with Crippen LogP contribution in [0.5, 0.6) is 5.75 Å². The molecule has 22 heavy (non-hydrogen) atoms. The number of benzene rings is 1. The van der Waals surface area contributed by atoms with Gasteiger partial charge in [0.15, 0.2) is 0 Å². The molecule has 0 bridgehead atoms. The number of carbonyl (C=O) groups is 1. The summed E-state index contributed by atoms with van der Waals surface area (Å²) in [7, 11) is 1.54. The lowest BCUT2D eigenvalue weighted by Gasteiger charge is -2.39. The monoisotopic (exact) mass is 312 g/mol. The molecule has 6 nitrogen and oxygen atoms in total. The highest BCUT2D eigenvalue weighted by Crippen LogP contribution is 2.22. The first-order valence-corrected chi connectivity index (χ1v) is 7.13. The molecule has 0 aromatic heterocycles. The summed E-state index contributed by atoms with van der Waals surface area (Å²) in [5.74, 6) is 0.598. The lowest BCUT2D eigenvalue weighted by atomic mass is 10.1. The van der Waals surface area contributed by atoms with Gasteiger partial charge >= 0.3 is 6.09 Å². The predicted molar refractivity (Wildman–Crippen MR) is 78.7 cm³/mol. The van der Waals surface area contributed by atoms with Crippen molar-refractivity contribution in [1.29, 1.82) is 0 Å². The molecule has 1 atom stereocenters. The molecular formula is C15H21FN2O4. The number of piperazine rings is 1. The second kappa shape index (κ2) is 7.42. The SMILES string of the molecule is COc1cc(CN2CCN(C(=O)O)C[C@H]2CF)ccc1CO. The van der Waals surface area contributed by atoms with Gasteiger partial charge < -0.3 is 19.8 Å². The molecule has 2 N–H and O–H groups in total. The van der Waals surface area contributed by atoms with E-state index in [-0.39, 0.29) is 13.2 Å². The molecule has 1 aliphatic heterocycles. The standard InChI is InChI=1S/C15H21FN2O4/c1-22-14-6-11(2-3-12(14)10-19)8-17-4-5-18(15(20)21)9-13(17)7-16/h2-3,6,13,19H,4-5,7-10H2,1H3,(H,20,21)/t13-/m1/s1. The van der Waals surface area contributed by atoms with Gasteiger partial charge in [-0.25, -0.2) is 9.18 Å². The number of rotatable bonds is 5. The van der Waals surface area contributed by atoms with Gasteiger partial charge in [-0.05, 0) is 11.6 Å². The van der Waals surface area contributed by atoms with Gasteiger partial charge in [0.1, 0.15) is 12.4 Å². The van der Waals surface area contributed by atoms with Crippen molar-refractivity contribution >= 4 is 6.09 Å². The topological polar surface area (TPSA) is 73.2 Å². The lowest BCUT2D eigenvalue weighted by Crippen LogP contribution is -2.54. The van der Waals surface area contributed by atoms with Crippen LogP contribution < -0.4 is 4.74 Å². The Bertz CT molecular complexity index is 526. The number of methoxy groups -OCH3 is 1. The smallest absolute Gasteiger partial charge is 0.407 e. The summed E-state index contributed by atoms with van der Waals surface area (Å²) in [6, 6.07) is 5.04. The Morgan fingerprint density at radius 2 is 2.23 bits per heavy atom. The van der Waals surface area contributed by atoms with Crippen LogP contribution in [0.25, 0.3) is 0 Å². The van der Waals surface area contributed by atoms with Gasteiger partial charge in [-0.15, -0.1) is 0 Å². The molecule has 0 unspecified atom stereocenters. The maximum atomic E-state index is 13.2. The Balaban J connectivity index is 2.08. The number of carboxylic acid groups (broad SMARTS) is 1. The number of hydrogen-bond acceptors (Lipinski definition) is 4. The lowest BCUT2D eigenvalue weighted by molar-refractivity contribution is 0.0533. The number of ether oxygens (including phenoxy) is 1. The van der Waals surface area contributed by atoms with Crippen LogP contribution in [-0.2, 0) is 13.2 Å². The van der Waals surface area contributed by atoms with Crippen LogP contribution in [0, 0.1) is 0 Å². The molecule has 0 radical (unpaired) electrons. The zero-order valence-electron chi connectivity index (χ0n) is 12.5. The molecule has 0 aliphatic carbocycles. The van der Waals surface area contributed by atoms with E-state index in [9.17, 15) is 14.3 Å². The molecule has 1 saturated heterocycles. The molecule has 1 aliphatic rings. The van der Waals surface area contributed by atoms with Crippen LogP contribution in [0.1, 0.15) is 11.1 Å². The third-order valence-corrected chi connectivity index (χ3v) is 3.96. The molecule has 0 saturated carbocycles. The number of amides is 1. The van der Waals surface area contributed by atoms with Crippen molar-refractivity contribution < 1.29 is 24.1 Å². The zero-order valence-corrected chi connectivity index (χ0v) is 12.5. The van der Waals surface area contributed by atoms with E-state index in [0.717, 1.165) is 5.56 Å². The summed E-state index contributed by atoms with van der Waals surface area (Å²) in [5, 5.41) is 18.2. The van der Waals surface area contributed by atoms with E-state index in [0.29, 0.717) is 30.9 Å². The number of nitrogens with zero attached hydrogens (tertiary/aromatic N) is 2. The van der Waals surface area contributed by atoms with Gasteiger partial charge in [-0.2, -0.15) is 0 Å². The Morgan fingerprint density at radius 3 is 2.82 bits per heavy atom. The van der Waals surface area contributed by atoms with Crippen molar-refractivity contribution in [1.82, 2.24) is 9.80 Å². The number of aliphatic hydroxyl groups excluding tert-OH is 1. The predicted octanol–water partition coefficient (Wildman–Crippen LogP) is 1.32. The second-order valence-corrected chi connectivity index (χ2v) is 5.31. The summed E-state index contributed by atoms with van der Waals surface area (Å²) in [5.41, 5.74) is 1.64. The maximum Gasteiger partial charge on any atom is 0.407 e. The normalized spacial score (nSPS) is 19.2. The summed E-state index contributed by atoms with van der Waals surface area (Å²) >= 11 is 0. The van der Waals surface area contributed by atoms with Gasteiger partial charge in [0.2, 0.25) is 0 Å². The molecule has 1 aromatic rings. The van der Waals surface area contributed by atoms with Crippen molar-refractivity contribution in [2.75, 3.05) is 33.4 Å². The maximum absolute atomic E-state index is 13.2. The molecule has 1 amide bonds. The molecule has 1 fully saturated rings. The molecule has 0 spiro atoms.